The molecule has 6 nitrogen and oxygen atoms in total. The molecule has 0 spiro atoms. The van der Waals surface area contributed by atoms with Crippen molar-refractivity contribution >= 4 is 17.8 Å². The Morgan fingerprint density at radius 2 is 1.88 bits per heavy atom. The smallest absolute Gasteiger partial charge is 0.325 e. The number of nitrogens with zero attached hydrogens (tertiary/aromatic N) is 1. The fourth-order valence-corrected chi connectivity index (χ4v) is 2.08. The molecule has 0 aromatic rings. The number of aliphatic carboxylic acids is 1. The normalized spacial score (nSPS) is 23.2. The molecule has 0 aromatic carbocycles. The van der Waals surface area contributed by atoms with Crippen molar-refractivity contribution in [1.82, 2.24) is 4.90 Å². The number of esters is 1. The van der Waals surface area contributed by atoms with Gasteiger partial charge in [-0.05, 0) is 19.3 Å². The van der Waals surface area contributed by atoms with E-state index in [0.717, 1.165) is 0 Å². The van der Waals surface area contributed by atoms with Crippen molar-refractivity contribution in [3.05, 3.63) is 0 Å². The highest BCUT2D eigenvalue weighted by Gasteiger charge is 2.35. The first-order valence-corrected chi connectivity index (χ1v) is 5.50. The maximum absolute atomic E-state index is 11.9. The van der Waals surface area contributed by atoms with E-state index in [0.29, 0.717) is 19.3 Å². The highest BCUT2D eigenvalue weighted by atomic mass is 16.5. The van der Waals surface area contributed by atoms with E-state index in [2.05, 4.69) is 4.74 Å². The highest BCUT2D eigenvalue weighted by Crippen LogP contribution is 2.32. The summed E-state index contributed by atoms with van der Waals surface area (Å²) in [6.07, 6.45) is 1.46. The Balaban J connectivity index is 2.48. The molecule has 1 saturated carbocycles. The molecule has 1 rings (SSSR count). The molecule has 6 heteroatoms. The molecule has 0 saturated heterocycles. The van der Waals surface area contributed by atoms with E-state index < -0.39 is 17.9 Å². The van der Waals surface area contributed by atoms with Gasteiger partial charge in [0.1, 0.15) is 6.54 Å². The summed E-state index contributed by atoms with van der Waals surface area (Å²) in [5.41, 5.74) is 0. The number of methoxy groups -OCH3 is 1. The monoisotopic (exact) mass is 243 g/mol. The lowest BCUT2D eigenvalue weighted by Gasteiger charge is -2.19. The van der Waals surface area contributed by atoms with Crippen molar-refractivity contribution in [3.63, 3.8) is 0 Å². The van der Waals surface area contributed by atoms with Gasteiger partial charge >= 0.3 is 11.9 Å². The zero-order chi connectivity index (χ0) is 13.0. The maximum Gasteiger partial charge on any atom is 0.325 e. The van der Waals surface area contributed by atoms with Crippen LogP contribution >= 0.6 is 0 Å². The van der Waals surface area contributed by atoms with E-state index in [1.165, 1.54) is 19.1 Å². The zero-order valence-electron chi connectivity index (χ0n) is 10.0. The third-order valence-electron chi connectivity index (χ3n) is 3.10. The number of rotatable bonds is 4. The lowest BCUT2D eigenvalue weighted by molar-refractivity contribution is -0.147. The van der Waals surface area contributed by atoms with E-state index in [1.807, 2.05) is 0 Å². The number of hydrogen-bond acceptors (Lipinski definition) is 4. The lowest BCUT2D eigenvalue weighted by Crippen LogP contribution is -2.36. The predicted molar refractivity (Wildman–Crippen MR) is 58.1 cm³/mol. The molecular weight excluding hydrogens is 226 g/mol. The first-order valence-electron chi connectivity index (χ1n) is 5.50. The summed E-state index contributed by atoms with van der Waals surface area (Å²) in [5.74, 6) is -2.23. The number of carboxylic acids is 1. The molecule has 1 aliphatic carbocycles. The second-order valence-corrected chi connectivity index (χ2v) is 4.32. The molecule has 0 aromatic heterocycles. The topological polar surface area (TPSA) is 83.9 Å². The van der Waals surface area contributed by atoms with Crippen LogP contribution in [0.4, 0.5) is 0 Å². The van der Waals surface area contributed by atoms with E-state index in [-0.39, 0.29) is 18.4 Å². The number of ether oxygens (including phenoxy) is 1. The summed E-state index contributed by atoms with van der Waals surface area (Å²) in [4.78, 5) is 35.0. The SMILES string of the molecule is COC(=O)CN(C)C(=O)[C@@H]1CC[C@H](C(=O)O)C1. The van der Waals surface area contributed by atoms with Crippen LogP contribution in [0, 0.1) is 11.8 Å². The van der Waals surface area contributed by atoms with Crippen LogP contribution in [0.3, 0.4) is 0 Å². The standard InChI is InChI=1S/C11H17NO5/c1-12(6-9(13)17-2)10(14)7-3-4-8(5-7)11(15)16/h7-8H,3-6H2,1-2H3,(H,15,16)/t7-,8+/m1/s1. The second kappa shape index (κ2) is 5.65. The summed E-state index contributed by atoms with van der Waals surface area (Å²) in [7, 11) is 2.78. The second-order valence-electron chi connectivity index (χ2n) is 4.32. The molecule has 0 heterocycles. The number of carbonyl (C=O) groups is 3. The third-order valence-corrected chi connectivity index (χ3v) is 3.10. The van der Waals surface area contributed by atoms with Gasteiger partial charge in [0.15, 0.2) is 0 Å². The summed E-state index contributed by atoms with van der Waals surface area (Å²) >= 11 is 0. The lowest BCUT2D eigenvalue weighted by atomic mass is 10.0. The van der Waals surface area contributed by atoms with Crippen molar-refractivity contribution in [2.24, 2.45) is 11.8 Å². The quantitative estimate of drug-likeness (QED) is 0.709. The minimum absolute atomic E-state index is 0.0937. The van der Waals surface area contributed by atoms with Crippen LogP contribution in [0.2, 0.25) is 0 Å². The Bertz CT molecular complexity index is 328. The van der Waals surface area contributed by atoms with Gasteiger partial charge < -0.3 is 14.7 Å². The Morgan fingerprint density at radius 3 is 2.35 bits per heavy atom. The van der Waals surface area contributed by atoms with E-state index in [1.54, 1.807) is 0 Å². The van der Waals surface area contributed by atoms with Gasteiger partial charge in [0.2, 0.25) is 5.91 Å². The number of likely N-dealkylation sites (N-methyl/N-ethyl adjacent to an activating group) is 1. The molecule has 96 valence electrons. The zero-order valence-corrected chi connectivity index (χ0v) is 10.0. The van der Waals surface area contributed by atoms with Crippen molar-refractivity contribution in [2.75, 3.05) is 20.7 Å². The summed E-state index contributed by atoms with van der Waals surface area (Å²) in [5, 5.41) is 8.84. The maximum atomic E-state index is 11.9. The number of amides is 1. The molecule has 17 heavy (non-hydrogen) atoms. The van der Waals surface area contributed by atoms with Gasteiger partial charge in [-0.25, -0.2) is 0 Å². The minimum Gasteiger partial charge on any atom is -0.481 e. The largest absolute Gasteiger partial charge is 0.481 e. The van der Waals surface area contributed by atoms with Crippen LogP contribution in [0.1, 0.15) is 19.3 Å². The van der Waals surface area contributed by atoms with Crippen LogP contribution in [0.25, 0.3) is 0 Å². The van der Waals surface area contributed by atoms with Gasteiger partial charge in [-0.1, -0.05) is 0 Å². The van der Waals surface area contributed by atoms with Gasteiger partial charge in [0, 0.05) is 13.0 Å². The third kappa shape index (κ3) is 3.44. The average molecular weight is 243 g/mol. The van der Waals surface area contributed by atoms with Gasteiger partial charge in [-0.2, -0.15) is 0 Å². The van der Waals surface area contributed by atoms with E-state index in [9.17, 15) is 14.4 Å². The molecule has 2 atom stereocenters. The summed E-state index contributed by atoms with van der Waals surface area (Å²) in [6, 6.07) is 0. The van der Waals surface area contributed by atoms with Gasteiger partial charge in [-0.3, -0.25) is 14.4 Å². The average Bonchev–Trinajstić information content (AvgIpc) is 2.77. The van der Waals surface area contributed by atoms with Crippen LogP contribution in [0.15, 0.2) is 0 Å². The summed E-state index contributed by atoms with van der Waals surface area (Å²) in [6.45, 7) is -0.0937. The molecule has 0 aliphatic heterocycles. The number of hydrogen-bond donors (Lipinski definition) is 1. The van der Waals surface area contributed by atoms with Gasteiger partial charge in [0.05, 0.1) is 13.0 Å². The van der Waals surface area contributed by atoms with Crippen molar-refractivity contribution in [2.45, 2.75) is 19.3 Å². The number of carbonyl (C=O) groups excluding carboxylic acids is 2. The Kier molecular flexibility index (Phi) is 4.48. The van der Waals surface area contributed by atoms with Crippen molar-refractivity contribution in [1.29, 1.82) is 0 Å². The molecule has 1 N–H and O–H groups in total. The van der Waals surface area contributed by atoms with Gasteiger partial charge in [0.25, 0.3) is 0 Å². The van der Waals surface area contributed by atoms with Gasteiger partial charge in [-0.15, -0.1) is 0 Å². The van der Waals surface area contributed by atoms with Crippen LogP contribution in [-0.4, -0.2) is 48.6 Å². The molecule has 1 fully saturated rings. The Hall–Kier alpha value is -1.59. The van der Waals surface area contributed by atoms with Crippen LogP contribution < -0.4 is 0 Å². The van der Waals surface area contributed by atoms with Crippen molar-refractivity contribution < 1.29 is 24.2 Å². The molecular formula is C11H17NO5. The van der Waals surface area contributed by atoms with E-state index >= 15 is 0 Å². The molecule has 1 amide bonds. The van der Waals surface area contributed by atoms with Crippen LogP contribution in [-0.2, 0) is 19.1 Å². The Morgan fingerprint density at radius 1 is 1.29 bits per heavy atom. The van der Waals surface area contributed by atoms with Crippen molar-refractivity contribution in [3.8, 4) is 0 Å². The fraction of sp³-hybridized carbons (Fsp3) is 0.727. The highest BCUT2D eigenvalue weighted by molar-refractivity contribution is 5.84. The molecule has 1 aliphatic rings. The van der Waals surface area contributed by atoms with E-state index in [4.69, 9.17) is 5.11 Å². The minimum atomic E-state index is -0.851. The number of carboxylic acid groups (broad SMARTS) is 1. The predicted octanol–water partition coefficient (Wildman–Crippen LogP) is 0.119. The summed E-state index contributed by atoms with van der Waals surface area (Å²) < 4.78 is 4.47. The molecule has 0 bridgehead atoms. The van der Waals surface area contributed by atoms with Crippen LogP contribution in [0.5, 0.6) is 0 Å². The molecule has 0 radical (unpaired) electrons. The first kappa shape index (κ1) is 13.5. The first-order chi connectivity index (χ1) is 7.95. The molecule has 0 unspecified atom stereocenters. The Labute approximate surface area is 99.5 Å². The fourth-order valence-electron chi connectivity index (χ4n) is 2.08.